The maximum Gasteiger partial charge on any atom is 0.232 e. The number of benzene rings is 2. The van der Waals surface area contributed by atoms with E-state index >= 15 is 0 Å². The molecule has 1 unspecified atom stereocenters. The van der Waals surface area contributed by atoms with Crippen LogP contribution in [0.3, 0.4) is 0 Å². The number of nitrogens with one attached hydrogen (secondary N) is 2. The number of aromatic nitrogens is 3. The fourth-order valence-corrected chi connectivity index (χ4v) is 2.87. The van der Waals surface area contributed by atoms with Gasteiger partial charge in [-0.3, -0.25) is 0 Å². The first kappa shape index (κ1) is 18.6. The number of hydrogen-bond acceptors (Lipinski definition) is 6. The molecule has 0 radical (unpaired) electrons. The Balaban J connectivity index is 1.71. The van der Waals surface area contributed by atoms with Gasteiger partial charge in [-0.2, -0.15) is 15.0 Å². The number of para-hydroxylation sites is 1. The van der Waals surface area contributed by atoms with Gasteiger partial charge in [0.25, 0.3) is 0 Å². The predicted octanol–water partition coefficient (Wildman–Crippen LogP) is 1.73. The minimum absolute atomic E-state index is 0.213. The SMILES string of the molecule is COc1cccc(C[NH+](C)Cc2nc(N)nc(Nc3ccccc3C)n2)c1. The molecule has 27 heavy (non-hydrogen) atoms. The van der Waals surface area contributed by atoms with Crippen molar-refractivity contribution in [3.05, 3.63) is 65.5 Å². The smallest absolute Gasteiger partial charge is 0.232 e. The maximum atomic E-state index is 5.89. The first-order valence-electron chi connectivity index (χ1n) is 8.81. The summed E-state index contributed by atoms with van der Waals surface area (Å²) >= 11 is 0. The second kappa shape index (κ2) is 8.46. The number of hydrogen-bond donors (Lipinski definition) is 3. The van der Waals surface area contributed by atoms with Gasteiger partial charge in [0, 0.05) is 11.3 Å². The van der Waals surface area contributed by atoms with Gasteiger partial charge >= 0.3 is 0 Å². The molecule has 0 spiro atoms. The van der Waals surface area contributed by atoms with Crippen molar-refractivity contribution >= 4 is 17.6 Å². The lowest BCUT2D eigenvalue weighted by molar-refractivity contribution is -0.908. The van der Waals surface area contributed by atoms with Crippen LogP contribution in [0.25, 0.3) is 0 Å². The zero-order valence-corrected chi connectivity index (χ0v) is 15.9. The molecule has 3 aromatic rings. The molecule has 1 aromatic heterocycles. The summed E-state index contributed by atoms with van der Waals surface area (Å²) in [5, 5.41) is 3.22. The molecule has 4 N–H and O–H groups in total. The molecule has 7 heteroatoms. The van der Waals surface area contributed by atoms with Gasteiger partial charge in [-0.1, -0.05) is 30.3 Å². The largest absolute Gasteiger partial charge is 0.497 e. The van der Waals surface area contributed by atoms with E-state index in [1.807, 2.05) is 49.4 Å². The highest BCUT2D eigenvalue weighted by Gasteiger charge is 2.12. The van der Waals surface area contributed by atoms with Gasteiger partial charge < -0.3 is 20.7 Å². The Labute approximate surface area is 159 Å². The summed E-state index contributed by atoms with van der Waals surface area (Å²) in [4.78, 5) is 14.2. The molecule has 0 bridgehead atoms. The van der Waals surface area contributed by atoms with Gasteiger partial charge in [-0.05, 0) is 30.7 Å². The van der Waals surface area contributed by atoms with Crippen LogP contribution >= 0.6 is 0 Å². The molecule has 0 fully saturated rings. The van der Waals surface area contributed by atoms with Crippen LogP contribution < -0.4 is 20.7 Å². The summed E-state index contributed by atoms with van der Waals surface area (Å²) in [7, 11) is 3.76. The Bertz CT molecular complexity index is 914. The lowest BCUT2D eigenvalue weighted by Crippen LogP contribution is -3.06. The molecule has 3 rings (SSSR count). The molecule has 0 aliphatic heterocycles. The monoisotopic (exact) mass is 365 g/mol. The summed E-state index contributed by atoms with van der Waals surface area (Å²) < 4.78 is 5.29. The van der Waals surface area contributed by atoms with Crippen molar-refractivity contribution < 1.29 is 9.64 Å². The third kappa shape index (κ3) is 5.15. The normalized spacial score (nSPS) is 11.8. The number of quaternary nitrogens is 1. The lowest BCUT2D eigenvalue weighted by Gasteiger charge is -2.15. The highest BCUT2D eigenvalue weighted by molar-refractivity contribution is 5.58. The van der Waals surface area contributed by atoms with Crippen LogP contribution in [0, 0.1) is 6.92 Å². The van der Waals surface area contributed by atoms with Crippen molar-refractivity contribution in [2.75, 3.05) is 25.2 Å². The number of aryl methyl sites for hydroxylation is 1. The molecule has 7 nitrogen and oxygen atoms in total. The van der Waals surface area contributed by atoms with Gasteiger partial charge in [-0.15, -0.1) is 0 Å². The van der Waals surface area contributed by atoms with E-state index in [2.05, 4.69) is 33.4 Å². The molecular formula is C20H25N6O+. The van der Waals surface area contributed by atoms with E-state index in [1.165, 1.54) is 10.5 Å². The second-order valence-electron chi connectivity index (χ2n) is 6.54. The number of ether oxygens (including phenoxy) is 1. The Kier molecular flexibility index (Phi) is 5.83. The highest BCUT2D eigenvalue weighted by atomic mass is 16.5. The maximum absolute atomic E-state index is 5.89. The number of methoxy groups -OCH3 is 1. The van der Waals surface area contributed by atoms with Gasteiger partial charge in [0.2, 0.25) is 11.9 Å². The summed E-state index contributed by atoms with van der Waals surface area (Å²) in [5.41, 5.74) is 9.14. The van der Waals surface area contributed by atoms with E-state index in [1.54, 1.807) is 7.11 Å². The molecule has 0 amide bonds. The van der Waals surface area contributed by atoms with E-state index in [0.29, 0.717) is 18.3 Å². The van der Waals surface area contributed by atoms with Gasteiger partial charge in [0.15, 0.2) is 5.82 Å². The number of nitrogen functional groups attached to an aromatic ring is 1. The second-order valence-corrected chi connectivity index (χ2v) is 6.54. The van der Waals surface area contributed by atoms with Crippen LogP contribution in [0.2, 0.25) is 0 Å². The molecule has 2 aromatic carbocycles. The van der Waals surface area contributed by atoms with E-state index in [-0.39, 0.29) is 5.95 Å². The fourth-order valence-electron chi connectivity index (χ4n) is 2.87. The Morgan fingerprint density at radius 1 is 1.04 bits per heavy atom. The Hall–Kier alpha value is -3.19. The average molecular weight is 365 g/mol. The molecule has 1 atom stereocenters. The van der Waals surface area contributed by atoms with Crippen molar-refractivity contribution in [1.82, 2.24) is 15.0 Å². The van der Waals surface area contributed by atoms with Crippen LogP contribution in [-0.2, 0) is 13.1 Å². The number of anilines is 3. The number of nitrogens with zero attached hydrogens (tertiary/aromatic N) is 3. The average Bonchev–Trinajstić information content (AvgIpc) is 2.63. The van der Waals surface area contributed by atoms with Gasteiger partial charge in [0.1, 0.15) is 18.8 Å². The van der Waals surface area contributed by atoms with Crippen molar-refractivity contribution in [3.63, 3.8) is 0 Å². The van der Waals surface area contributed by atoms with Crippen LogP contribution in [0.15, 0.2) is 48.5 Å². The minimum atomic E-state index is 0.213. The van der Waals surface area contributed by atoms with Crippen molar-refractivity contribution in [2.24, 2.45) is 0 Å². The summed E-state index contributed by atoms with van der Waals surface area (Å²) in [5.74, 6) is 2.18. The topological polar surface area (TPSA) is 90.4 Å². The zero-order valence-electron chi connectivity index (χ0n) is 15.9. The summed E-state index contributed by atoms with van der Waals surface area (Å²) in [6.45, 7) is 3.48. The van der Waals surface area contributed by atoms with E-state index < -0.39 is 0 Å². The molecule has 0 aliphatic carbocycles. The fraction of sp³-hybridized carbons (Fsp3) is 0.250. The lowest BCUT2D eigenvalue weighted by atomic mass is 10.2. The van der Waals surface area contributed by atoms with E-state index in [4.69, 9.17) is 10.5 Å². The van der Waals surface area contributed by atoms with Crippen LogP contribution in [0.1, 0.15) is 17.0 Å². The molecule has 1 heterocycles. The number of rotatable bonds is 7. The highest BCUT2D eigenvalue weighted by Crippen LogP contribution is 2.17. The predicted molar refractivity (Wildman–Crippen MR) is 106 cm³/mol. The van der Waals surface area contributed by atoms with Crippen molar-refractivity contribution in [2.45, 2.75) is 20.0 Å². The summed E-state index contributed by atoms with van der Waals surface area (Å²) in [6.07, 6.45) is 0. The summed E-state index contributed by atoms with van der Waals surface area (Å²) in [6, 6.07) is 16.0. The molecule has 0 saturated heterocycles. The standard InChI is InChI=1S/C20H24N6O/c1-14-7-4-5-10-17(14)22-20-24-18(23-19(21)25-20)13-26(2)12-15-8-6-9-16(11-15)27-3/h4-11H,12-13H2,1-3H3,(H3,21,22,23,24,25)/p+1. The van der Waals surface area contributed by atoms with E-state index in [9.17, 15) is 0 Å². The molecule has 140 valence electrons. The number of nitrogens with two attached hydrogens (primary N) is 1. The Morgan fingerprint density at radius 2 is 1.85 bits per heavy atom. The molecular weight excluding hydrogens is 340 g/mol. The van der Waals surface area contributed by atoms with Crippen LogP contribution in [-0.4, -0.2) is 29.1 Å². The van der Waals surface area contributed by atoms with Crippen LogP contribution in [0.4, 0.5) is 17.6 Å². The molecule has 0 saturated carbocycles. The first-order valence-corrected chi connectivity index (χ1v) is 8.81. The quantitative estimate of drug-likeness (QED) is 0.591. The third-order valence-electron chi connectivity index (χ3n) is 4.19. The molecule has 0 aliphatic rings. The third-order valence-corrected chi connectivity index (χ3v) is 4.19. The first-order chi connectivity index (χ1) is 13.0. The van der Waals surface area contributed by atoms with Gasteiger partial charge in [-0.25, -0.2) is 0 Å². The van der Waals surface area contributed by atoms with Gasteiger partial charge in [0.05, 0.1) is 14.2 Å². The van der Waals surface area contributed by atoms with Crippen molar-refractivity contribution in [3.8, 4) is 5.75 Å². The van der Waals surface area contributed by atoms with E-state index in [0.717, 1.165) is 23.5 Å². The van der Waals surface area contributed by atoms with Crippen LogP contribution in [0.5, 0.6) is 5.75 Å². The Morgan fingerprint density at radius 3 is 2.63 bits per heavy atom. The van der Waals surface area contributed by atoms with Crippen molar-refractivity contribution in [1.29, 1.82) is 0 Å². The minimum Gasteiger partial charge on any atom is -0.497 e. The zero-order chi connectivity index (χ0) is 19.2.